The van der Waals surface area contributed by atoms with Crippen LogP contribution in [0, 0.1) is 12.3 Å². The van der Waals surface area contributed by atoms with Crippen molar-refractivity contribution in [1.82, 2.24) is 0 Å². The topological polar surface area (TPSA) is 37.3 Å². The van der Waals surface area contributed by atoms with E-state index in [0.29, 0.717) is 0 Å². The first-order valence-corrected chi connectivity index (χ1v) is 7.96. The average Bonchev–Trinajstić information content (AvgIpc) is 3.25. The van der Waals surface area contributed by atoms with E-state index in [1.165, 1.54) is 16.7 Å². The van der Waals surface area contributed by atoms with Gasteiger partial charge in [0.05, 0.1) is 5.41 Å². The lowest BCUT2D eigenvalue weighted by molar-refractivity contribution is -0.143. The van der Waals surface area contributed by atoms with E-state index >= 15 is 0 Å². The standard InChI is InChI=1S/C20H22O2/c1-15-9-11-17(12-10-15)18-14-20(18,19(21)22)13-5-8-16-6-3-2-4-7-16/h2-4,6-7,9-12,18H,5,8,13-14H2,1H3,(H,21,22)/t18-,20-/m1/s1. The number of benzene rings is 2. The molecular formula is C20H22O2. The quantitative estimate of drug-likeness (QED) is 0.847. The van der Waals surface area contributed by atoms with Gasteiger partial charge >= 0.3 is 5.97 Å². The van der Waals surface area contributed by atoms with Gasteiger partial charge in [-0.1, -0.05) is 60.2 Å². The second-order valence-electron chi connectivity index (χ2n) is 6.47. The van der Waals surface area contributed by atoms with Gasteiger partial charge in [0, 0.05) is 5.92 Å². The Balaban J connectivity index is 1.64. The van der Waals surface area contributed by atoms with Crippen LogP contribution in [0.1, 0.15) is 41.9 Å². The average molecular weight is 294 g/mol. The van der Waals surface area contributed by atoms with Gasteiger partial charge in [-0.25, -0.2) is 0 Å². The number of carbonyl (C=O) groups is 1. The molecule has 2 nitrogen and oxygen atoms in total. The first-order valence-electron chi connectivity index (χ1n) is 7.96. The maximum atomic E-state index is 11.8. The summed E-state index contributed by atoms with van der Waals surface area (Å²) in [5.41, 5.74) is 3.14. The molecule has 1 aliphatic carbocycles. The monoisotopic (exact) mass is 294 g/mol. The Morgan fingerprint density at radius 1 is 1.14 bits per heavy atom. The SMILES string of the molecule is Cc1ccc([C@H]2C[C@@]2(CCCc2ccccc2)C(=O)O)cc1. The number of aliphatic carboxylic acids is 1. The van der Waals surface area contributed by atoms with Gasteiger partial charge in [0.2, 0.25) is 0 Å². The number of hydrogen-bond donors (Lipinski definition) is 1. The van der Waals surface area contributed by atoms with E-state index in [1.807, 2.05) is 18.2 Å². The Labute approximate surface area is 131 Å². The minimum absolute atomic E-state index is 0.182. The maximum absolute atomic E-state index is 11.8. The van der Waals surface area contributed by atoms with Crippen LogP contribution in [0.3, 0.4) is 0 Å². The van der Waals surface area contributed by atoms with Gasteiger partial charge in [0.15, 0.2) is 0 Å². The lowest BCUT2D eigenvalue weighted by atomic mass is 9.92. The lowest BCUT2D eigenvalue weighted by Gasteiger charge is -2.13. The van der Waals surface area contributed by atoms with Gasteiger partial charge in [-0.15, -0.1) is 0 Å². The highest BCUT2D eigenvalue weighted by atomic mass is 16.4. The molecule has 0 bridgehead atoms. The summed E-state index contributed by atoms with van der Waals surface area (Å²) in [6.07, 6.45) is 3.42. The van der Waals surface area contributed by atoms with Crippen molar-refractivity contribution >= 4 is 5.97 Å². The molecule has 0 saturated heterocycles. The highest BCUT2D eigenvalue weighted by Crippen LogP contribution is 2.62. The largest absolute Gasteiger partial charge is 0.481 e. The summed E-state index contributed by atoms with van der Waals surface area (Å²) in [6.45, 7) is 2.06. The molecule has 1 aliphatic rings. The summed E-state index contributed by atoms with van der Waals surface area (Å²) < 4.78 is 0. The second-order valence-corrected chi connectivity index (χ2v) is 6.47. The van der Waals surface area contributed by atoms with Crippen molar-refractivity contribution in [3.8, 4) is 0 Å². The molecule has 3 rings (SSSR count). The summed E-state index contributed by atoms with van der Waals surface area (Å²) in [5.74, 6) is -0.451. The van der Waals surface area contributed by atoms with E-state index in [9.17, 15) is 9.90 Å². The first-order chi connectivity index (χ1) is 10.6. The zero-order valence-corrected chi connectivity index (χ0v) is 13.0. The van der Waals surface area contributed by atoms with Crippen molar-refractivity contribution in [3.05, 3.63) is 71.3 Å². The van der Waals surface area contributed by atoms with Crippen LogP contribution in [0.4, 0.5) is 0 Å². The van der Waals surface area contributed by atoms with E-state index in [4.69, 9.17) is 0 Å². The van der Waals surface area contributed by atoms with Crippen LogP contribution in [-0.4, -0.2) is 11.1 Å². The van der Waals surface area contributed by atoms with E-state index < -0.39 is 11.4 Å². The zero-order valence-electron chi connectivity index (χ0n) is 13.0. The lowest BCUT2D eigenvalue weighted by Crippen LogP contribution is -2.17. The fourth-order valence-corrected chi connectivity index (χ4v) is 3.41. The van der Waals surface area contributed by atoms with Crippen LogP contribution in [0.2, 0.25) is 0 Å². The van der Waals surface area contributed by atoms with Crippen LogP contribution in [0.15, 0.2) is 54.6 Å². The van der Waals surface area contributed by atoms with Gasteiger partial charge in [-0.3, -0.25) is 4.79 Å². The van der Waals surface area contributed by atoms with Gasteiger partial charge in [0.25, 0.3) is 0 Å². The van der Waals surface area contributed by atoms with E-state index in [2.05, 4.69) is 43.3 Å². The Morgan fingerprint density at radius 2 is 1.82 bits per heavy atom. The smallest absolute Gasteiger partial charge is 0.310 e. The van der Waals surface area contributed by atoms with Crippen molar-refractivity contribution < 1.29 is 9.90 Å². The Hall–Kier alpha value is -2.09. The van der Waals surface area contributed by atoms with Crippen molar-refractivity contribution in [2.45, 2.75) is 38.5 Å². The molecule has 2 atom stereocenters. The van der Waals surface area contributed by atoms with E-state index in [0.717, 1.165) is 25.7 Å². The highest BCUT2D eigenvalue weighted by Gasteiger charge is 2.60. The number of carboxylic acid groups (broad SMARTS) is 1. The number of carboxylic acids is 1. The molecule has 0 aromatic heterocycles. The summed E-state index contributed by atoms with van der Waals surface area (Å²) in [5, 5.41) is 9.69. The fourth-order valence-electron chi connectivity index (χ4n) is 3.41. The summed E-state index contributed by atoms with van der Waals surface area (Å²) in [7, 11) is 0. The number of hydrogen-bond acceptors (Lipinski definition) is 1. The predicted molar refractivity (Wildman–Crippen MR) is 88.0 cm³/mol. The molecule has 0 aliphatic heterocycles. The molecule has 0 spiro atoms. The van der Waals surface area contributed by atoms with Crippen LogP contribution in [0.5, 0.6) is 0 Å². The van der Waals surface area contributed by atoms with Gasteiger partial charge in [0.1, 0.15) is 0 Å². The molecule has 2 aromatic carbocycles. The van der Waals surface area contributed by atoms with Gasteiger partial charge in [-0.2, -0.15) is 0 Å². The summed E-state index contributed by atoms with van der Waals surface area (Å²) >= 11 is 0. The normalized spacial score (nSPS) is 23.2. The van der Waals surface area contributed by atoms with Crippen LogP contribution < -0.4 is 0 Å². The second kappa shape index (κ2) is 5.96. The van der Waals surface area contributed by atoms with Gasteiger partial charge < -0.3 is 5.11 Å². The third kappa shape index (κ3) is 2.92. The fraction of sp³-hybridized carbons (Fsp3) is 0.350. The van der Waals surface area contributed by atoms with Crippen LogP contribution in [-0.2, 0) is 11.2 Å². The molecule has 2 heteroatoms. The summed E-state index contributed by atoms with van der Waals surface area (Å²) in [4.78, 5) is 11.8. The number of aryl methyl sites for hydroxylation is 2. The van der Waals surface area contributed by atoms with Crippen LogP contribution in [0.25, 0.3) is 0 Å². The molecule has 114 valence electrons. The molecule has 0 radical (unpaired) electrons. The minimum Gasteiger partial charge on any atom is -0.481 e. The highest BCUT2D eigenvalue weighted by molar-refractivity contribution is 5.80. The van der Waals surface area contributed by atoms with Gasteiger partial charge in [-0.05, 0) is 43.7 Å². The maximum Gasteiger partial charge on any atom is 0.310 e. The van der Waals surface area contributed by atoms with Crippen molar-refractivity contribution in [2.24, 2.45) is 5.41 Å². The molecule has 0 unspecified atom stereocenters. The third-order valence-electron chi connectivity index (χ3n) is 4.91. The Kier molecular flexibility index (Phi) is 4.02. The minimum atomic E-state index is -0.633. The Morgan fingerprint density at radius 3 is 2.45 bits per heavy atom. The molecule has 0 heterocycles. The Bertz CT molecular complexity index is 645. The van der Waals surface area contributed by atoms with E-state index in [1.54, 1.807) is 0 Å². The van der Waals surface area contributed by atoms with Crippen molar-refractivity contribution in [1.29, 1.82) is 0 Å². The number of rotatable bonds is 6. The van der Waals surface area contributed by atoms with Crippen molar-refractivity contribution in [2.75, 3.05) is 0 Å². The predicted octanol–water partition coefficient (Wildman–Crippen LogP) is 4.58. The summed E-state index contributed by atoms with van der Waals surface area (Å²) in [6, 6.07) is 18.6. The molecule has 0 amide bonds. The third-order valence-corrected chi connectivity index (χ3v) is 4.91. The molecule has 1 fully saturated rings. The first kappa shape index (κ1) is 14.8. The van der Waals surface area contributed by atoms with Crippen molar-refractivity contribution in [3.63, 3.8) is 0 Å². The molecule has 2 aromatic rings. The zero-order chi connectivity index (χ0) is 15.6. The molecule has 22 heavy (non-hydrogen) atoms. The van der Waals surface area contributed by atoms with E-state index in [-0.39, 0.29) is 5.92 Å². The molecular weight excluding hydrogens is 272 g/mol. The molecule has 1 N–H and O–H groups in total. The van der Waals surface area contributed by atoms with Crippen LogP contribution >= 0.6 is 0 Å². The molecule has 1 saturated carbocycles.